The predicted octanol–water partition coefficient (Wildman–Crippen LogP) is 1.92. The SMILES string of the molecule is O=C(CSc1ncnc2nc(N3CCOCC3)sc12)NCc1ccco1. The molecule has 0 aliphatic carbocycles. The number of morpholine rings is 1. The summed E-state index contributed by atoms with van der Waals surface area (Å²) < 4.78 is 11.5. The second-order valence-corrected chi connectivity index (χ2v) is 7.51. The first-order valence-corrected chi connectivity index (χ1v) is 9.96. The molecule has 1 saturated heterocycles. The normalized spacial score (nSPS) is 14.7. The summed E-state index contributed by atoms with van der Waals surface area (Å²) in [7, 11) is 0. The quantitative estimate of drug-likeness (QED) is 0.503. The number of carbonyl (C=O) groups excluding carboxylic acids is 1. The molecule has 26 heavy (non-hydrogen) atoms. The Hall–Kier alpha value is -2.17. The molecule has 10 heteroatoms. The first-order chi connectivity index (χ1) is 12.8. The van der Waals surface area contributed by atoms with E-state index in [9.17, 15) is 4.79 Å². The van der Waals surface area contributed by atoms with E-state index in [2.05, 4.69) is 25.2 Å². The van der Waals surface area contributed by atoms with Crippen molar-refractivity contribution in [1.82, 2.24) is 20.3 Å². The number of amides is 1. The molecule has 1 fully saturated rings. The van der Waals surface area contributed by atoms with E-state index >= 15 is 0 Å². The van der Waals surface area contributed by atoms with Gasteiger partial charge in [0.25, 0.3) is 0 Å². The van der Waals surface area contributed by atoms with E-state index in [0.717, 1.165) is 33.7 Å². The van der Waals surface area contributed by atoms with Gasteiger partial charge in [0.2, 0.25) is 5.91 Å². The summed E-state index contributed by atoms with van der Waals surface area (Å²) in [5.41, 5.74) is 0.671. The lowest BCUT2D eigenvalue weighted by Gasteiger charge is -2.25. The fourth-order valence-corrected chi connectivity index (χ4v) is 4.47. The van der Waals surface area contributed by atoms with Gasteiger partial charge in [0, 0.05) is 13.1 Å². The molecule has 8 nitrogen and oxygen atoms in total. The Balaban J connectivity index is 1.41. The van der Waals surface area contributed by atoms with E-state index in [1.54, 1.807) is 23.7 Å². The van der Waals surface area contributed by atoms with Crippen LogP contribution in [0.5, 0.6) is 0 Å². The summed E-state index contributed by atoms with van der Waals surface area (Å²) in [6, 6.07) is 3.62. The number of fused-ring (bicyclic) bond motifs is 1. The van der Waals surface area contributed by atoms with Gasteiger partial charge in [0.05, 0.1) is 31.8 Å². The number of nitrogens with one attached hydrogen (secondary N) is 1. The van der Waals surface area contributed by atoms with Crippen LogP contribution in [-0.4, -0.2) is 52.9 Å². The van der Waals surface area contributed by atoms with Crippen LogP contribution in [0.4, 0.5) is 5.13 Å². The molecule has 0 saturated carbocycles. The lowest BCUT2D eigenvalue weighted by atomic mass is 10.4. The minimum Gasteiger partial charge on any atom is -0.467 e. The van der Waals surface area contributed by atoms with Crippen molar-refractivity contribution in [3.8, 4) is 0 Å². The van der Waals surface area contributed by atoms with Crippen molar-refractivity contribution >= 4 is 44.5 Å². The summed E-state index contributed by atoms with van der Waals surface area (Å²) in [5.74, 6) is 0.930. The highest BCUT2D eigenvalue weighted by molar-refractivity contribution is 8.00. The minimum atomic E-state index is -0.0731. The third-order valence-corrected chi connectivity index (χ3v) is 6.04. The number of thiazole rings is 1. The van der Waals surface area contributed by atoms with Gasteiger partial charge in [0.15, 0.2) is 10.8 Å². The Morgan fingerprint density at radius 3 is 3.04 bits per heavy atom. The molecule has 0 spiro atoms. The third kappa shape index (κ3) is 3.97. The van der Waals surface area contributed by atoms with Crippen molar-refractivity contribution in [2.75, 3.05) is 37.0 Å². The van der Waals surface area contributed by atoms with Crippen molar-refractivity contribution < 1.29 is 13.9 Å². The average molecular weight is 391 g/mol. The van der Waals surface area contributed by atoms with Gasteiger partial charge >= 0.3 is 0 Å². The van der Waals surface area contributed by atoms with Gasteiger partial charge in [-0.3, -0.25) is 4.79 Å². The molecule has 4 heterocycles. The smallest absolute Gasteiger partial charge is 0.230 e. The highest BCUT2D eigenvalue weighted by Gasteiger charge is 2.18. The molecule has 3 aromatic heterocycles. The van der Waals surface area contributed by atoms with E-state index in [-0.39, 0.29) is 11.7 Å². The van der Waals surface area contributed by atoms with Crippen LogP contribution in [0.15, 0.2) is 34.2 Å². The zero-order valence-electron chi connectivity index (χ0n) is 13.9. The largest absolute Gasteiger partial charge is 0.467 e. The molecular formula is C16H17N5O3S2. The molecule has 3 aromatic rings. The fraction of sp³-hybridized carbons (Fsp3) is 0.375. The maximum atomic E-state index is 12.0. The molecule has 1 N–H and O–H groups in total. The average Bonchev–Trinajstić information content (AvgIpc) is 3.35. The number of hydrogen-bond acceptors (Lipinski definition) is 9. The van der Waals surface area contributed by atoms with E-state index in [1.807, 2.05) is 6.07 Å². The summed E-state index contributed by atoms with van der Waals surface area (Å²) in [6.45, 7) is 3.45. The highest BCUT2D eigenvalue weighted by Crippen LogP contribution is 2.33. The van der Waals surface area contributed by atoms with Crippen LogP contribution in [0.2, 0.25) is 0 Å². The number of ether oxygens (including phenoxy) is 1. The molecule has 0 unspecified atom stereocenters. The standard InChI is InChI=1S/C16H17N5O3S2/c22-12(17-8-11-2-1-5-24-11)9-25-15-13-14(18-10-19-15)20-16(26-13)21-3-6-23-7-4-21/h1-2,5,10H,3-4,6-9H2,(H,17,22). The van der Waals surface area contributed by atoms with E-state index in [0.29, 0.717) is 25.4 Å². The first kappa shape index (κ1) is 17.3. The summed E-state index contributed by atoms with van der Waals surface area (Å²) in [5, 5.41) is 4.53. The Morgan fingerprint density at radius 1 is 1.35 bits per heavy atom. The van der Waals surface area contributed by atoms with Gasteiger partial charge in [-0.15, -0.1) is 0 Å². The molecule has 0 aromatic carbocycles. The summed E-state index contributed by atoms with van der Waals surface area (Å²) in [6.07, 6.45) is 3.08. The lowest BCUT2D eigenvalue weighted by Crippen LogP contribution is -2.36. The topological polar surface area (TPSA) is 93.4 Å². The monoisotopic (exact) mass is 391 g/mol. The van der Waals surface area contributed by atoms with Gasteiger partial charge in [-0.25, -0.2) is 9.97 Å². The number of aromatic nitrogens is 3. The number of anilines is 1. The van der Waals surface area contributed by atoms with Gasteiger partial charge < -0.3 is 19.4 Å². The molecule has 1 amide bonds. The Bertz CT molecular complexity index is 877. The summed E-state index contributed by atoms with van der Waals surface area (Å²) >= 11 is 2.95. The van der Waals surface area contributed by atoms with Crippen LogP contribution in [0, 0.1) is 0 Å². The van der Waals surface area contributed by atoms with Crippen LogP contribution in [-0.2, 0) is 16.1 Å². The molecule has 1 aliphatic heterocycles. The lowest BCUT2D eigenvalue weighted by molar-refractivity contribution is -0.118. The predicted molar refractivity (Wildman–Crippen MR) is 99.5 cm³/mol. The summed E-state index contributed by atoms with van der Waals surface area (Å²) in [4.78, 5) is 27.4. The van der Waals surface area contributed by atoms with E-state index < -0.39 is 0 Å². The van der Waals surface area contributed by atoms with Crippen molar-refractivity contribution in [1.29, 1.82) is 0 Å². The van der Waals surface area contributed by atoms with Crippen LogP contribution < -0.4 is 10.2 Å². The maximum Gasteiger partial charge on any atom is 0.230 e. The highest BCUT2D eigenvalue weighted by atomic mass is 32.2. The molecule has 0 radical (unpaired) electrons. The fourth-order valence-electron chi connectivity index (χ4n) is 2.50. The number of carbonyl (C=O) groups is 1. The van der Waals surface area contributed by atoms with Gasteiger partial charge in [-0.2, -0.15) is 4.98 Å². The van der Waals surface area contributed by atoms with Crippen LogP contribution in [0.25, 0.3) is 10.3 Å². The first-order valence-electron chi connectivity index (χ1n) is 8.16. The maximum absolute atomic E-state index is 12.0. The van der Waals surface area contributed by atoms with Crippen molar-refractivity contribution in [2.24, 2.45) is 0 Å². The second-order valence-electron chi connectivity index (χ2n) is 5.57. The number of rotatable bonds is 6. The number of thioether (sulfide) groups is 1. The molecule has 4 rings (SSSR count). The molecular weight excluding hydrogens is 374 g/mol. The van der Waals surface area contributed by atoms with Crippen LogP contribution in [0.1, 0.15) is 5.76 Å². The number of hydrogen-bond donors (Lipinski definition) is 1. The Kier molecular flexibility index (Phi) is 5.32. The van der Waals surface area contributed by atoms with Crippen molar-refractivity contribution in [2.45, 2.75) is 11.6 Å². The van der Waals surface area contributed by atoms with E-state index in [4.69, 9.17) is 9.15 Å². The molecule has 1 aliphatic rings. The van der Waals surface area contributed by atoms with Crippen molar-refractivity contribution in [3.05, 3.63) is 30.5 Å². The Morgan fingerprint density at radius 2 is 2.23 bits per heavy atom. The van der Waals surface area contributed by atoms with Crippen LogP contribution in [0.3, 0.4) is 0 Å². The zero-order valence-corrected chi connectivity index (χ0v) is 15.5. The third-order valence-electron chi connectivity index (χ3n) is 3.81. The minimum absolute atomic E-state index is 0.0731. The van der Waals surface area contributed by atoms with Crippen LogP contribution >= 0.6 is 23.1 Å². The molecule has 0 bridgehead atoms. The molecule has 0 atom stereocenters. The zero-order chi connectivity index (χ0) is 17.8. The second kappa shape index (κ2) is 8.02. The Labute approximate surface area is 158 Å². The van der Waals surface area contributed by atoms with Gasteiger partial charge in [0.1, 0.15) is 21.8 Å². The number of nitrogens with zero attached hydrogens (tertiary/aromatic N) is 4. The van der Waals surface area contributed by atoms with Gasteiger partial charge in [-0.05, 0) is 12.1 Å². The van der Waals surface area contributed by atoms with Crippen molar-refractivity contribution in [3.63, 3.8) is 0 Å². The van der Waals surface area contributed by atoms with E-state index in [1.165, 1.54) is 18.1 Å². The molecule has 136 valence electrons. The van der Waals surface area contributed by atoms with Gasteiger partial charge in [-0.1, -0.05) is 23.1 Å². The number of furan rings is 1.